The van der Waals surface area contributed by atoms with Gasteiger partial charge in [-0.3, -0.25) is 4.79 Å². The predicted molar refractivity (Wildman–Crippen MR) is 120 cm³/mol. The van der Waals surface area contributed by atoms with E-state index in [0.717, 1.165) is 16.7 Å². The van der Waals surface area contributed by atoms with Gasteiger partial charge in [0.05, 0.1) is 13.3 Å². The molecule has 0 aliphatic heterocycles. The first-order chi connectivity index (χ1) is 15.5. The van der Waals surface area contributed by atoms with E-state index in [2.05, 4.69) is 5.16 Å². The third-order valence-corrected chi connectivity index (χ3v) is 4.65. The fraction of sp³-hybridized carbons (Fsp3) is 0.200. The standard InChI is InChI=1S/C25H25FN2O4/c1-28(16-19-8-11-22(26)12-9-19)25(29)18-32-27-15-21-10-13-23(24(14-21)30-2)31-17-20-6-4-3-5-7-20/h3-15H,16-18H2,1-2H3/b27-15+. The molecular weight excluding hydrogens is 411 g/mol. The van der Waals surface area contributed by atoms with Crippen LogP contribution in [-0.4, -0.2) is 37.8 Å². The highest BCUT2D eigenvalue weighted by Crippen LogP contribution is 2.28. The summed E-state index contributed by atoms with van der Waals surface area (Å²) >= 11 is 0. The molecule has 0 aliphatic carbocycles. The average Bonchev–Trinajstić information content (AvgIpc) is 2.82. The van der Waals surface area contributed by atoms with Gasteiger partial charge in [-0.05, 0) is 41.5 Å². The van der Waals surface area contributed by atoms with Gasteiger partial charge in [-0.15, -0.1) is 0 Å². The number of oxime groups is 1. The summed E-state index contributed by atoms with van der Waals surface area (Å²) in [4.78, 5) is 18.8. The number of benzene rings is 3. The second kappa shape index (κ2) is 11.5. The van der Waals surface area contributed by atoms with Crippen molar-refractivity contribution in [1.29, 1.82) is 0 Å². The van der Waals surface area contributed by atoms with Gasteiger partial charge < -0.3 is 19.2 Å². The smallest absolute Gasteiger partial charge is 0.263 e. The van der Waals surface area contributed by atoms with Crippen LogP contribution in [-0.2, 0) is 22.8 Å². The van der Waals surface area contributed by atoms with Crippen molar-refractivity contribution in [2.45, 2.75) is 13.2 Å². The Balaban J connectivity index is 1.48. The van der Waals surface area contributed by atoms with Crippen molar-refractivity contribution in [2.75, 3.05) is 20.8 Å². The molecule has 6 nitrogen and oxygen atoms in total. The fourth-order valence-corrected chi connectivity index (χ4v) is 2.87. The van der Waals surface area contributed by atoms with Gasteiger partial charge in [-0.2, -0.15) is 0 Å². The number of carbonyl (C=O) groups is 1. The summed E-state index contributed by atoms with van der Waals surface area (Å²) in [6, 6.07) is 21.2. The lowest BCUT2D eigenvalue weighted by atomic mass is 10.2. The van der Waals surface area contributed by atoms with Gasteiger partial charge >= 0.3 is 0 Å². The molecule has 0 spiro atoms. The largest absolute Gasteiger partial charge is 0.493 e. The molecule has 0 bridgehead atoms. The molecule has 0 atom stereocenters. The maximum absolute atomic E-state index is 13.0. The number of amides is 1. The first-order valence-corrected chi connectivity index (χ1v) is 10.0. The Morgan fingerprint density at radius 1 is 1.00 bits per heavy atom. The van der Waals surface area contributed by atoms with Crippen molar-refractivity contribution in [2.24, 2.45) is 5.16 Å². The molecular formula is C25H25FN2O4. The van der Waals surface area contributed by atoms with E-state index in [0.29, 0.717) is 24.7 Å². The number of hydrogen-bond donors (Lipinski definition) is 0. The van der Waals surface area contributed by atoms with Crippen LogP contribution in [0.2, 0.25) is 0 Å². The van der Waals surface area contributed by atoms with Crippen LogP contribution in [0.5, 0.6) is 11.5 Å². The SMILES string of the molecule is COc1cc(/C=N/OCC(=O)N(C)Cc2ccc(F)cc2)ccc1OCc1ccccc1. The topological polar surface area (TPSA) is 60.4 Å². The molecule has 166 valence electrons. The van der Waals surface area contributed by atoms with Crippen molar-refractivity contribution < 1.29 is 23.5 Å². The van der Waals surface area contributed by atoms with E-state index in [1.54, 1.807) is 38.4 Å². The molecule has 32 heavy (non-hydrogen) atoms. The van der Waals surface area contributed by atoms with Crippen LogP contribution in [0, 0.1) is 5.82 Å². The van der Waals surface area contributed by atoms with Crippen molar-refractivity contribution in [3.05, 3.63) is 95.3 Å². The number of methoxy groups -OCH3 is 1. The van der Waals surface area contributed by atoms with E-state index >= 15 is 0 Å². The molecule has 0 unspecified atom stereocenters. The lowest BCUT2D eigenvalue weighted by molar-refractivity contribution is -0.135. The van der Waals surface area contributed by atoms with E-state index in [9.17, 15) is 9.18 Å². The lowest BCUT2D eigenvalue weighted by Crippen LogP contribution is -2.29. The van der Waals surface area contributed by atoms with Crippen LogP contribution in [0.4, 0.5) is 4.39 Å². The van der Waals surface area contributed by atoms with Crippen LogP contribution >= 0.6 is 0 Å². The second-order valence-electron chi connectivity index (χ2n) is 7.07. The summed E-state index contributed by atoms with van der Waals surface area (Å²) in [5.41, 5.74) is 2.62. The van der Waals surface area contributed by atoms with E-state index in [-0.39, 0.29) is 18.3 Å². The summed E-state index contributed by atoms with van der Waals surface area (Å²) in [6.45, 7) is 0.582. The third-order valence-electron chi connectivity index (χ3n) is 4.65. The average molecular weight is 436 g/mol. The minimum absolute atomic E-state index is 0.205. The lowest BCUT2D eigenvalue weighted by Gasteiger charge is -2.16. The van der Waals surface area contributed by atoms with Crippen molar-refractivity contribution >= 4 is 12.1 Å². The fourth-order valence-electron chi connectivity index (χ4n) is 2.87. The van der Waals surface area contributed by atoms with Crippen LogP contribution in [0.15, 0.2) is 78.0 Å². The van der Waals surface area contributed by atoms with E-state index in [1.165, 1.54) is 23.2 Å². The van der Waals surface area contributed by atoms with Gasteiger partial charge in [-0.1, -0.05) is 47.6 Å². The summed E-state index contributed by atoms with van der Waals surface area (Å²) in [5, 5.41) is 3.86. The van der Waals surface area contributed by atoms with Crippen LogP contribution in [0.25, 0.3) is 0 Å². The molecule has 3 rings (SSSR count). The number of halogens is 1. The number of nitrogens with zero attached hydrogens (tertiary/aromatic N) is 2. The zero-order valence-electron chi connectivity index (χ0n) is 18.0. The first kappa shape index (κ1) is 22.8. The van der Waals surface area contributed by atoms with Crippen molar-refractivity contribution in [3.63, 3.8) is 0 Å². The minimum Gasteiger partial charge on any atom is -0.493 e. The molecule has 0 saturated carbocycles. The molecule has 0 aliphatic rings. The minimum atomic E-state index is -0.312. The Kier molecular flexibility index (Phi) is 8.20. The Morgan fingerprint density at radius 2 is 1.75 bits per heavy atom. The summed E-state index contributed by atoms with van der Waals surface area (Å²) in [7, 11) is 3.22. The van der Waals surface area contributed by atoms with Gasteiger partial charge in [0.25, 0.3) is 5.91 Å². The molecule has 0 fully saturated rings. The highest BCUT2D eigenvalue weighted by atomic mass is 19.1. The molecule has 1 amide bonds. The predicted octanol–water partition coefficient (Wildman–Crippen LogP) is 4.42. The number of carbonyl (C=O) groups excluding carboxylic acids is 1. The van der Waals surface area contributed by atoms with Crippen LogP contribution in [0.1, 0.15) is 16.7 Å². The Bertz CT molecular complexity index is 1040. The van der Waals surface area contributed by atoms with E-state index in [1.807, 2.05) is 36.4 Å². The molecule has 0 heterocycles. The summed E-state index contributed by atoms with van der Waals surface area (Å²) in [5.74, 6) is 0.633. The maximum atomic E-state index is 13.0. The van der Waals surface area contributed by atoms with Crippen molar-refractivity contribution in [3.8, 4) is 11.5 Å². The van der Waals surface area contributed by atoms with E-state index < -0.39 is 0 Å². The van der Waals surface area contributed by atoms with Gasteiger partial charge in [0.15, 0.2) is 18.1 Å². The molecule has 7 heteroatoms. The Labute approximate surface area is 186 Å². The quantitative estimate of drug-likeness (QED) is 0.349. The monoisotopic (exact) mass is 436 g/mol. The van der Waals surface area contributed by atoms with Gasteiger partial charge in [0, 0.05) is 19.2 Å². The highest BCUT2D eigenvalue weighted by Gasteiger charge is 2.10. The van der Waals surface area contributed by atoms with Crippen LogP contribution < -0.4 is 9.47 Å². The maximum Gasteiger partial charge on any atom is 0.263 e. The van der Waals surface area contributed by atoms with Gasteiger partial charge in [0.1, 0.15) is 12.4 Å². The van der Waals surface area contributed by atoms with Gasteiger partial charge in [-0.25, -0.2) is 4.39 Å². The van der Waals surface area contributed by atoms with Gasteiger partial charge in [0.2, 0.25) is 0 Å². The zero-order chi connectivity index (χ0) is 22.8. The summed E-state index contributed by atoms with van der Waals surface area (Å²) < 4.78 is 24.2. The zero-order valence-corrected chi connectivity index (χ0v) is 18.0. The van der Waals surface area contributed by atoms with Crippen molar-refractivity contribution in [1.82, 2.24) is 4.90 Å². The second-order valence-corrected chi connectivity index (χ2v) is 7.07. The molecule has 0 N–H and O–H groups in total. The first-order valence-electron chi connectivity index (χ1n) is 10.0. The van der Waals surface area contributed by atoms with E-state index in [4.69, 9.17) is 14.3 Å². The third kappa shape index (κ3) is 6.84. The Morgan fingerprint density at radius 3 is 2.47 bits per heavy atom. The summed E-state index contributed by atoms with van der Waals surface area (Å²) in [6.07, 6.45) is 1.50. The number of likely N-dealkylation sites (N-methyl/N-ethyl adjacent to an activating group) is 1. The molecule has 0 aromatic heterocycles. The number of hydrogen-bond acceptors (Lipinski definition) is 5. The molecule has 3 aromatic carbocycles. The number of ether oxygens (including phenoxy) is 2. The molecule has 0 saturated heterocycles. The Hall–Kier alpha value is -3.87. The molecule has 0 radical (unpaired) electrons. The highest BCUT2D eigenvalue weighted by molar-refractivity contribution is 5.81. The van der Waals surface area contributed by atoms with Crippen LogP contribution in [0.3, 0.4) is 0 Å². The molecule has 3 aromatic rings. The number of rotatable bonds is 10. The normalized spacial score (nSPS) is 10.7.